The number of hydrogen-bond donors (Lipinski definition) is 3. The fourth-order valence-electron chi connectivity index (χ4n) is 3.16. The minimum atomic E-state index is -0.999. The highest BCUT2D eigenvalue weighted by atomic mass is 16.6. The molecule has 0 aliphatic rings. The molecule has 0 aliphatic heterocycles. The molecule has 0 aromatic heterocycles. The summed E-state index contributed by atoms with van der Waals surface area (Å²) >= 11 is 0. The van der Waals surface area contributed by atoms with E-state index in [0.29, 0.717) is 24.3 Å². The van der Waals surface area contributed by atoms with Gasteiger partial charge in [0.05, 0.1) is 6.61 Å². The van der Waals surface area contributed by atoms with Crippen molar-refractivity contribution in [3.8, 4) is 5.75 Å². The SMILES string of the molecule is CC(C)(CC/C=C/C(=O)O)[C@@H](OC(=O)Nc1ccccc1)c1cccc(OCCO)c1. The number of carbonyl (C=O) groups excluding carboxylic acids is 1. The normalized spacial score (nSPS) is 12.4. The molecule has 2 aromatic carbocycles. The Balaban J connectivity index is 2.23. The first-order chi connectivity index (χ1) is 14.8. The second-order valence-electron chi connectivity index (χ2n) is 7.69. The van der Waals surface area contributed by atoms with E-state index in [2.05, 4.69) is 5.32 Å². The first kappa shape index (κ1) is 24.0. The van der Waals surface area contributed by atoms with Gasteiger partial charge in [0.25, 0.3) is 0 Å². The third-order valence-corrected chi connectivity index (χ3v) is 4.69. The van der Waals surface area contributed by atoms with Crippen LogP contribution in [0.3, 0.4) is 0 Å². The number of carbonyl (C=O) groups is 2. The smallest absolute Gasteiger partial charge is 0.412 e. The molecule has 31 heavy (non-hydrogen) atoms. The van der Waals surface area contributed by atoms with Crippen LogP contribution in [0.15, 0.2) is 66.7 Å². The molecule has 7 heteroatoms. The summed E-state index contributed by atoms with van der Waals surface area (Å²) in [6, 6.07) is 16.2. The van der Waals surface area contributed by atoms with Crippen molar-refractivity contribution in [2.45, 2.75) is 32.8 Å². The molecule has 1 atom stereocenters. The third-order valence-electron chi connectivity index (χ3n) is 4.69. The number of aliphatic carboxylic acids is 1. The lowest BCUT2D eigenvalue weighted by atomic mass is 9.78. The fraction of sp³-hybridized carbons (Fsp3) is 0.333. The zero-order valence-electron chi connectivity index (χ0n) is 17.8. The van der Waals surface area contributed by atoms with E-state index in [4.69, 9.17) is 19.7 Å². The molecular weight excluding hydrogens is 398 g/mol. The number of amides is 1. The Morgan fingerprint density at radius 2 is 1.87 bits per heavy atom. The summed E-state index contributed by atoms with van der Waals surface area (Å²) in [5.41, 5.74) is 0.853. The molecule has 0 spiro atoms. The Hall–Kier alpha value is -3.32. The predicted molar refractivity (Wildman–Crippen MR) is 118 cm³/mol. The number of carboxylic acid groups (broad SMARTS) is 1. The molecule has 0 fully saturated rings. The van der Waals surface area contributed by atoms with E-state index < -0.39 is 23.6 Å². The van der Waals surface area contributed by atoms with Crippen molar-refractivity contribution in [2.24, 2.45) is 5.41 Å². The topological polar surface area (TPSA) is 105 Å². The van der Waals surface area contributed by atoms with Gasteiger partial charge in [-0.05, 0) is 42.7 Å². The number of rotatable bonds is 11. The van der Waals surface area contributed by atoms with Crippen LogP contribution in [0.2, 0.25) is 0 Å². The summed E-state index contributed by atoms with van der Waals surface area (Å²) < 4.78 is 11.3. The number of carboxylic acids is 1. The number of anilines is 1. The van der Waals surface area contributed by atoms with Gasteiger partial charge in [-0.2, -0.15) is 0 Å². The molecule has 0 aliphatic carbocycles. The second-order valence-corrected chi connectivity index (χ2v) is 7.69. The standard InChI is InChI=1S/C24H29NO6/c1-24(2,14-7-6-13-21(27)28)22(18-9-8-12-20(17-18)30-16-15-26)31-23(29)25-19-10-4-3-5-11-19/h3-6,8-13,17,22,26H,7,14-16H2,1-2H3,(H,25,29)(H,27,28)/b13-6+/t22-/m0/s1. The number of aliphatic hydroxyl groups excluding tert-OH is 1. The van der Waals surface area contributed by atoms with E-state index in [1.807, 2.05) is 38.1 Å². The second kappa shape index (κ2) is 11.8. The van der Waals surface area contributed by atoms with Crippen LogP contribution < -0.4 is 10.1 Å². The molecule has 0 unspecified atom stereocenters. The number of aliphatic hydroxyl groups is 1. The first-order valence-corrected chi connectivity index (χ1v) is 10.1. The van der Waals surface area contributed by atoms with Crippen molar-refractivity contribution < 1.29 is 29.3 Å². The van der Waals surface area contributed by atoms with Gasteiger partial charge in [0.15, 0.2) is 0 Å². The summed E-state index contributed by atoms with van der Waals surface area (Å²) in [5, 5.41) is 20.5. The molecule has 166 valence electrons. The molecule has 0 saturated heterocycles. The number of ether oxygens (including phenoxy) is 2. The Morgan fingerprint density at radius 1 is 1.13 bits per heavy atom. The average molecular weight is 427 g/mol. The zero-order valence-corrected chi connectivity index (χ0v) is 17.8. The monoisotopic (exact) mass is 427 g/mol. The van der Waals surface area contributed by atoms with Gasteiger partial charge >= 0.3 is 12.1 Å². The molecule has 0 bridgehead atoms. The lowest BCUT2D eigenvalue weighted by Crippen LogP contribution is -2.29. The van der Waals surface area contributed by atoms with Gasteiger partial charge < -0.3 is 19.7 Å². The van der Waals surface area contributed by atoms with Crippen molar-refractivity contribution in [3.05, 3.63) is 72.3 Å². The molecular formula is C24H29NO6. The molecule has 3 N–H and O–H groups in total. The fourth-order valence-corrected chi connectivity index (χ4v) is 3.16. The van der Waals surface area contributed by atoms with Gasteiger partial charge in [0, 0.05) is 17.2 Å². The quantitative estimate of drug-likeness (QED) is 0.445. The Bertz CT molecular complexity index is 879. The number of benzene rings is 2. The maximum Gasteiger partial charge on any atom is 0.412 e. The highest BCUT2D eigenvalue weighted by molar-refractivity contribution is 5.84. The maximum absolute atomic E-state index is 12.6. The summed E-state index contributed by atoms with van der Waals surface area (Å²) in [4.78, 5) is 23.4. The van der Waals surface area contributed by atoms with Gasteiger partial charge in [0.2, 0.25) is 0 Å². The lowest BCUT2D eigenvalue weighted by molar-refractivity contribution is -0.131. The van der Waals surface area contributed by atoms with Gasteiger partial charge in [-0.25, -0.2) is 9.59 Å². The Kier molecular flexibility index (Phi) is 9.09. The van der Waals surface area contributed by atoms with Crippen LogP contribution in [0.25, 0.3) is 0 Å². The largest absolute Gasteiger partial charge is 0.491 e. The number of para-hydroxylation sites is 1. The van der Waals surface area contributed by atoms with Crippen molar-refractivity contribution >= 4 is 17.7 Å². The molecule has 0 heterocycles. The van der Waals surface area contributed by atoms with E-state index in [-0.39, 0.29) is 13.2 Å². The van der Waals surface area contributed by atoms with Gasteiger partial charge in [-0.3, -0.25) is 5.32 Å². The highest BCUT2D eigenvalue weighted by Crippen LogP contribution is 2.41. The van der Waals surface area contributed by atoms with Crippen LogP contribution in [-0.4, -0.2) is 35.5 Å². The molecule has 7 nitrogen and oxygen atoms in total. The van der Waals surface area contributed by atoms with Crippen LogP contribution in [-0.2, 0) is 9.53 Å². The minimum absolute atomic E-state index is 0.106. The van der Waals surface area contributed by atoms with E-state index >= 15 is 0 Å². The van der Waals surface area contributed by atoms with E-state index in [9.17, 15) is 9.59 Å². The van der Waals surface area contributed by atoms with Crippen LogP contribution in [0.4, 0.5) is 10.5 Å². The van der Waals surface area contributed by atoms with E-state index in [1.54, 1.807) is 36.4 Å². The molecule has 2 rings (SSSR count). The van der Waals surface area contributed by atoms with E-state index in [0.717, 1.165) is 11.6 Å². The van der Waals surface area contributed by atoms with Crippen LogP contribution in [0, 0.1) is 5.41 Å². The lowest BCUT2D eigenvalue weighted by Gasteiger charge is -2.34. The van der Waals surface area contributed by atoms with E-state index in [1.165, 1.54) is 0 Å². The Morgan fingerprint density at radius 3 is 2.55 bits per heavy atom. The van der Waals surface area contributed by atoms with Crippen molar-refractivity contribution in [1.82, 2.24) is 0 Å². The third kappa shape index (κ3) is 8.14. The van der Waals surface area contributed by atoms with Crippen molar-refractivity contribution in [1.29, 1.82) is 0 Å². The van der Waals surface area contributed by atoms with Crippen LogP contribution in [0.5, 0.6) is 5.75 Å². The number of allylic oxidation sites excluding steroid dienone is 1. The van der Waals surface area contributed by atoms with Crippen LogP contribution in [0.1, 0.15) is 38.4 Å². The van der Waals surface area contributed by atoms with Crippen LogP contribution >= 0.6 is 0 Å². The van der Waals surface area contributed by atoms with Gasteiger partial charge in [-0.15, -0.1) is 0 Å². The molecule has 1 amide bonds. The highest BCUT2D eigenvalue weighted by Gasteiger charge is 2.34. The number of hydrogen-bond acceptors (Lipinski definition) is 5. The maximum atomic E-state index is 12.6. The predicted octanol–water partition coefficient (Wildman–Crippen LogP) is 4.79. The average Bonchev–Trinajstić information content (AvgIpc) is 2.74. The summed E-state index contributed by atoms with van der Waals surface area (Å²) in [6.45, 7) is 3.98. The zero-order chi connectivity index (χ0) is 22.7. The first-order valence-electron chi connectivity index (χ1n) is 10.1. The summed E-state index contributed by atoms with van der Waals surface area (Å²) in [6.07, 6.45) is 2.59. The number of nitrogens with one attached hydrogen (secondary N) is 1. The van der Waals surface area contributed by atoms with Gasteiger partial charge in [-0.1, -0.05) is 50.3 Å². The van der Waals surface area contributed by atoms with Crippen molar-refractivity contribution in [2.75, 3.05) is 18.5 Å². The molecule has 2 aromatic rings. The Labute approximate surface area is 182 Å². The molecule has 0 saturated carbocycles. The van der Waals surface area contributed by atoms with Gasteiger partial charge in [0.1, 0.15) is 18.5 Å². The summed E-state index contributed by atoms with van der Waals surface area (Å²) in [7, 11) is 0. The van der Waals surface area contributed by atoms with Crippen molar-refractivity contribution in [3.63, 3.8) is 0 Å². The minimum Gasteiger partial charge on any atom is -0.491 e. The molecule has 0 radical (unpaired) electrons. The summed E-state index contributed by atoms with van der Waals surface area (Å²) in [5.74, 6) is -0.438.